The third kappa shape index (κ3) is 7.09. The van der Waals surface area contributed by atoms with Crippen LogP contribution in [0.2, 0.25) is 0 Å². The maximum absolute atomic E-state index is 12.5. The molecule has 216 valence electrons. The van der Waals surface area contributed by atoms with Gasteiger partial charge in [0.15, 0.2) is 0 Å². The van der Waals surface area contributed by atoms with Crippen molar-refractivity contribution in [3.63, 3.8) is 0 Å². The predicted molar refractivity (Wildman–Crippen MR) is 151 cm³/mol. The highest BCUT2D eigenvalue weighted by Crippen LogP contribution is 2.26. The number of H-pyrrole nitrogens is 1. The van der Waals surface area contributed by atoms with Crippen LogP contribution in [0, 0.1) is 0 Å². The standard InChI is InChI=1S/C28H32F3N9O/c1-18(2)38(3)25-14-22(33-17-34-25)20-4-5-21-23(13-20)36-27(35-21)37-24-12-19(6-7-32-24)16-39-8-10-40(11-9-39)26(41)15-28(29,30)31/h4-7,12-14,17-18H,8-11,15-16H2,1-3H3,(H2,32,35,36,37). The average molecular weight is 568 g/mol. The minimum absolute atomic E-state index is 0.275. The number of piperazine rings is 1. The van der Waals surface area contributed by atoms with Gasteiger partial charge in [0.25, 0.3) is 0 Å². The molecule has 1 fully saturated rings. The normalized spacial score (nSPS) is 14.6. The number of fused-ring (bicyclic) bond motifs is 1. The molecule has 0 spiro atoms. The van der Waals surface area contributed by atoms with Crippen LogP contribution in [0.4, 0.5) is 30.8 Å². The number of nitrogens with one attached hydrogen (secondary N) is 2. The van der Waals surface area contributed by atoms with E-state index in [0.717, 1.165) is 33.7 Å². The number of hydrogen-bond donors (Lipinski definition) is 2. The van der Waals surface area contributed by atoms with Gasteiger partial charge in [0.05, 0.1) is 16.7 Å². The minimum Gasteiger partial charge on any atom is -0.357 e. The van der Waals surface area contributed by atoms with Crippen LogP contribution in [-0.4, -0.2) is 86.1 Å². The molecule has 10 nitrogen and oxygen atoms in total. The number of pyridine rings is 1. The molecule has 4 heterocycles. The molecule has 2 N–H and O–H groups in total. The molecule has 5 rings (SSSR count). The van der Waals surface area contributed by atoms with E-state index in [1.807, 2.05) is 43.4 Å². The highest BCUT2D eigenvalue weighted by molar-refractivity contribution is 5.83. The van der Waals surface area contributed by atoms with Crippen molar-refractivity contribution < 1.29 is 18.0 Å². The number of nitrogens with zero attached hydrogens (tertiary/aromatic N) is 7. The van der Waals surface area contributed by atoms with Crippen LogP contribution in [-0.2, 0) is 11.3 Å². The second-order valence-corrected chi connectivity index (χ2v) is 10.4. The molecule has 1 aliphatic heterocycles. The third-order valence-corrected chi connectivity index (χ3v) is 7.12. The Morgan fingerprint density at radius 2 is 1.85 bits per heavy atom. The van der Waals surface area contributed by atoms with E-state index in [4.69, 9.17) is 0 Å². The van der Waals surface area contributed by atoms with Crippen LogP contribution in [0.5, 0.6) is 0 Å². The number of imidazole rings is 1. The number of aromatic nitrogens is 5. The molecule has 13 heteroatoms. The van der Waals surface area contributed by atoms with E-state index in [-0.39, 0.29) is 13.1 Å². The lowest BCUT2D eigenvalue weighted by molar-refractivity contribution is -0.162. The monoisotopic (exact) mass is 567 g/mol. The van der Waals surface area contributed by atoms with Gasteiger partial charge >= 0.3 is 6.18 Å². The second kappa shape index (κ2) is 11.7. The summed E-state index contributed by atoms with van der Waals surface area (Å²) in [5.41, 5.74) is 4.37. The second-order valence-electron chi connectivity index (χ2n) is 10.4. The summed E-state index contributed by atoms with van der Waals surface area (Å²) < 4.78 is 37.6. The number of alkyl halides is 3. The highest BCUT2D eigenvalue weighted by atomic mass is 19.4. The van der Waals surface area contributed by atoms with E-state index in [0.29, 0.717) is 37.4 Å². The number of halogens is 3. The highest BCUT2D eigenvalue weighted by Gasteiger charge is 2.34. The number of benzene rings is 1. The van der Waals surface area contributed by atoms with Crippen molar-refractivity contribution in [3.05, 3.63) is 54.5 Å². The molecule has 0 bridgehead atoms. The van der Waals surface area contributed by atoms with E-state index in [2.05, 4.69) is 53.9 Å². The lowest BCUT2D eigenvalue weighted by Crippen LogP contribution is -2.49. The summed E-state index contributed by atoms with van der Waals surface area (Å²) in [6.07, 6.45) is -2.63. The van der Waals surface area contributed by atoms with Crippen LogP contribution in [0.3, 0.4) is 0 Å². The van der Waals surface area contributed by atoms with Crippen molar-refractivity contribution in [3.8, 4) is 11.3 Å². The topological polar surface area (TPSA) is 106 Å². The number of anilines is 3. The molecule has 1 aromatic carbocycles. The van der Waals surface area contributed by atoms with E-state index in [1.54, 1.807) is 12.5 Å². The zero-order valence-corrected chi connectivity index (χ0v) is 23.1. The van der Waals surface area contributed by atoms with Crippen molar-refractivity contribution in [2.24, 2.45) is 0 Å². The molecule has 4 aromatic rings. The Hall–Kier alpha value is -4.26. The Labute approximate surface area is 235 Å². The molecule has 0 atom stereocenters. The maximum atomic E-state index is 12.5. The first-order valence-electron chi connectivity index (χ1n) is 13.4. The van der Waals surface area contributed by atoms with E-state index >= 15 is 0 Å². The van der Waals surface area contributed by atoms with Crippen LogP contribution in [0.1, 0.15) is 25.8 Å². The van der Waals surface area contributed by atoms with Crippen molar-refractivity contribution >= 4 is 34.5 Å². The van der Waals surface area contributed by atoms with Gasteiger partial charge in [-0.2, -0.15) is 13.2 Å². The summed E-state index contributed by atoms with van der Waals surface area (Å²) in [5.74, 6) is 1.13. The first-order chi connectivity index (χ1) is 19.5. The van der Waals surface area contributed by atoms with E-state index < -0.39 is 18.5 Å². The molecule has 41 heavy (non-hydrogen) atoms. The number of amides is 1. The summed E-state index contributed by atoms with van der Waals surface area (Å²) >= 11 is 0. The average Bonchev–Trinajstić information content (AvgIpc) is 3.33. The van der Waals surface area contributed by atoms with Gasteiger partial charge < -0.3 is 20.1 Å². The van der Waals surface area contributed by atoms with Crippen LogP contribution in [0.15, 0.2) is 48.9 Å². The Bertz CT molecular complexity index is 1510. The molecule has 0 radical (unpaired) electrons. The van der Waals surface area contributed by atoms with Crippen molar-refractivity contribution in [2.75, 3.05) is 43.4 Å². The maximum Gasteiger partial charge on any atom is 0.397 e. The first kappa shape index (κ1) is 28.3. The number of carbonyl (C=O) groups is 1. The molecular formula is C28H32F3N9O. The van der Waals surface area contributed by atoms with Crippen LogP contribution >= 0.6 is 0 Å². The Morgan fingerprint density at radius 1 is 1.07 bits per heavy atom. The molecule has 1 amide bonds. The van der Waals surface area contributed by atoms with Crippen molar-refractivity contribution in [1.82, 2.24) is 34.7 Å². The van der Waals surface area contributed by atoms with Gasteiger partial charge in [-0.1, -0.05) is 6.07 Å². The summed E-state index contributed by atoms with van der Waals surface area (Å²) in [7, 11) is 2.00. The third-order valence-electron chi connectivity index (χ3n) is 7.12. The predicted octanol–water partition coefficient (Wildman–Crippen LogP) is 4.60. The molecule has 1 saturated heterocycles. The van der Waals surface area contributed by atoms with Gasteiger partial charge in [0.1, 0.15) is 24.4 Å². The molecule has 0 aliphatic carbocycles. The number of aromatic amines is 1. The zero-order chi connectivity index (χ0) is 29.1. The molecule has 0 unspecified atom stereocenters. The molecule has 3 aromatic heterocycles. The van der Waals surface area contributed by atoms with Crippen molar-refractivity contribution in [1.29, 1.82) is 0 Å². The smallest absolute Gasteiger partial charge is 0.357 e. The minimum atomic E-state index is -4.48. The quantitative estimate of drug-likeness (QED) is 0.318. The van der Waals surface area contributed by atoms with Crippen molar-refractivity contribution in [2.45, 2.75) is 39.0 Å². The summed E-state index contributed by atoms with van der Waals surface area (Å²) in [6, 6.07) is 12.0. The van der Waals surface area contributed by atoms with Crippen LogP contribution < -0.4 is 10.2 Å². The summed E-state index contributed by atoms with van der Waals surface area (Å²) in [4.78, 5) is 38.5. The van der Waals surface area contributed by atoms with Gasteiger partial charge in [-0.3, -0.25) is 9.69 Å². The fourth-order valence-corrected chi connectivity index (χ4v) is 4.65. The van der Waals surface area contributed by atoms with Gasteiger partial charge in [0, 0.05) is 63.6 Å². The fourth-order valence-electron chi connectivity index (χ4n) is 4.65. The van der Waals surface area contributed by atoms with Gasteiger partial charge in [-0.25, -0.2) is 19.9 Å². The van der Waals surface area contributed by atoms with Gasteiger partial charge in [-0.15, -0.1) is 0 Å². The molecular weight excluding hydrogens is 535 g/mol. The van der Waals surface area contributed by atoms with Gasteiger partial charge in [-0.05, 0) is 43.7 Å². The number of hydrogen-bond acceptors (Lipinski definition) is 8. The van der Waals surface area contributed by atoms with E-state index in [9.17, 15) is 18.0 Å². The largest absolute Gasteiger partial charge is 0.397 e. The Kier molecular flexibility index (Phi) is 8.06. The SMILES string of the molecule is CC(C)N(C)c1cc(-c2ccc3nc(Nc4cc(CN5CCN(C(=O)CC(F)(F)F)CC5)ccn4)[nH]c3c2)ncn1. The lowest BCUT2D eigenvalue weighted by Gasteiger charge is -2.35. The zero-order valence-electron chi connectivity index (χ0n) is 23.1. The molecule has 1 aliphatic rings. The molecule has 0 saturated carbocycles. The number of rotatable bonds is 8. The first-order valence-corrected chi connectivity index (χ1v) is 13.4. The van der Waals surface area contributed by atoms with Crippen LogP contribution in [0.25, 0.3) is 22.3 Å². The lowest BCUT2D eigenvalue weighted by atomic mass is 10.1. The Balaban J connectivity index is 1.22. The van der Waals surface area contributed by atoms with Gasteiger partial charge in [0.2, 0.25) is 11.9 Å². The summed E-state index contributed by atoms with van der Waals surface area (Å²) in [6.45, 7) is 6.35. The number of carbonyl (C=O) groups excluding carboxylic acids is 1. The van der Waals surface area contributed by atoms with E-state index in [1.165, 1.54) is 4.90 Å². The fraction of sp³-hybridized carbons (Fsp3) is 0.393. The Morgan fingerprint density at radius 3 is 2.59 bits per heavy atom. The summed E-state index contributed by atoms with van der Waals surface area (Å²) in [5, 5.41) is 3.22.